The van der Waals surface area contributed by atoms with Crippen LogP contribution in [0.4, 0.5) is 0 Å². The molecule has 0 aliphatic heterocycles. The fourth-order valence-corrected chi connectivity index (χ4v) is 2.06. The van der Waals surface area contributed by atoms with E-state index in [0.29, 0.717) is 18.9 Å². The van der Waals surface area contributed by atoms with Gasteiger partial charge in [0.05, 0.1) is 12.5 Å². The molecular weight excluding hydrogens is 256 g/mol. The number of ether oxygens (including phenoxy) is 1. The Bertz CT molecular complexity index is 310. The van der Waals surface area contributed by atoms with Gasteiger partial charge in [-0.1, -0.05) is 33.6 Å². The van der Waals surface area contributed by atoms with E-state index in [1.165, 1.54) is 7.11 Å². The number of carbonyl (C=O) groups excluding carboxylic acids is 2. The van der Waals surface area contributed by atoms with Crippen LogP contribution >= 0.6 is 0 Å². The Balaban J connectivity index is 5.09. The van der Waals surface area contributed by atoms with E-state index < -0.39 is 5.41 Å². The van der Waals surface area contributed by atoms with Gasteiger partial charge in [-0.2, -0.15) is 0 Å². The van der Waals surface area contributed by atoms with Gasteiger partial charge < -0.3 is 15.4 Å². The van der Waals surface area contributed by atoms with Crippen LogP contribution < -0.4 is 5.73 Å². The lowest BCUT2D eigenvalue weighted by molar-refractivity contribution is -0.151. The van der Waals surface area contributed by atoms with Crippen molar-refractivity contribution in [3.05, 3.63) is 0 Å². The van der Waals surface area contributed by atoms with Crippen LogP contribution in [0.2, 0.25) is 0 Å². The number of nitrogens with two attached hydrogens (primary N) is 1. The van der Waals surface area contributed by atoms with Gasteiger partial charge in [0.25, 0.3) is 0 Å². The van der Waals surface area contributed by atoms with Crippen LogP contribution in [-0.4, -0.2) is 43.5 Å². The van der Waals surface area contributed by atoms with E-state index in [9.17, 15) is 9.59 Å². The first-order valence-electron chi connectivity index (χ1n) is 7.44. The summed E-state index contributed by atoms with van der Waals surface area (Å²) in [6.07, 6.45) is 2.61. The topological polar surface area (TPSA) is 72.6 Å². The molecule has 20 heavy (non-hydrogen) atoms. The monoisotopic (exact) mass is 286 g/mol. The maximum atomic E-state index is 12.7. The van der Waals surface area contributed by atoms with Crippen LogP contribution in [0.15, 0.2) is 0 Å². The maximum Gasteiger partial charge on any atom is 0.325 e. The predicted octanol–water partition coefficient (Wildman–Crippen LogP) is 1.80. The largest absolute Gasteiger partial charge is 0.468 e. The van der Waals surface area contributed by atoms with Crippen molar-refractivity contribution in [3.63, 3.8) is 0 Å². The van der Waals surface area contributed by atoms with Gasteiger partial charge in [0.2, 0.25) is 5.91 Å². The van der Waals surface area contributed by atoms with Crippen molar-refractivity contribution in [2.24, 2.45) is 17.1 Å². The Morgan fingerprint density at radius 1 is 1.25 bits per heavy atom. The molecule has 0 aliphatic rings. The number of hydrogen-bond donors (Lipinski definition) is 1. The first-order valence-corrected chi connectivity index (χ1v) is 7.44. The van der Waals surface area contributed by atoms with Gasteiger partial charge >= 0.3 is 5.97 Å². The first-order chi connectivity index (χ1) is 9.38. The average Bonchev–Trinajstić information content (AvgIpc) is 2.49. The van der Waals surface area contributed by atoms with E-state index in [2.05, 4.69) is 13.8 Å². The lowest BCUT2D eigenvalue weighted by Gasteiger charge is -2.34. The van der Waals surface area contributed by atoms with Crippen molar-refractivity contribution in [3.8, 4) is 0 Å². The molecule has 5 heteroatoms. The maximum absolute atomic E-state index is 12.7. The lowest BCUT2D eigenvalue weighted by atomic mass is 9.85. The van der Waals surface area contributed by atoms with Crippen molar-refractivity contribution in [1.29, 1.82) is 0 Å². The molecule has 0 aromatic heterocycles. The quantitative estimate of drug-likeness (QED) is 0.656. The van der Waals surface area contributed by atoms with Gasteiger partial charge in [-0.25, -0.2) is 0 Å². The average molecular weight is 286 g/mol. The van der Waals surface area contributed by atoms with Crippen molar-refractivity contribution >= 4 is 11.9 Å². The Hall–Kier alpha value is -1.10. The minimum Gasteiger partial charge on any atom is -0.468 e. The van der Waals surface area contributed by atoms with Gasteiger partial charge in [-0.3, -0.25) is 9.59 Å². The van der Waals surface area contributed by atoms with Crippen molar-refractivity contribution in [2.45, 2.75) is 47.0 Å². The van der Waals surface area contributed by atoms with E-state index in [1.54, 1.807) is 4.90 Å². The highest BCUT2D eigenvalue weighted by Gasteiger charge is 2.35. The molecule has 0 aromatic rings. The zero-order chi connectivity index (χ0) is 15.8. The Kier molecular flexibility index (Phi) is 8.46. The van der Waals surface area contributed by atoms with Gasteiger partial charge in [0.15, 0.2) is 0 Å². The minimum absolute atomic E-state index is 0.00141. The number of nitrogens with zero attached hydrogens (tertiary/aromatic N) is 1. The molecule has 1 amide bonds. The summed E-state index contributed by atoms with van der Waals surface area (Å²) in [5, 5.41) is 0. The molecule has 0 spiro atoms. The Labute approximate surface area is 122 Å². The van der Waals surface area contributed by atoms with Crippen LogP contribution in [0.5, 0.6) is 0 Å². The Morgan fingerprint density at radius 2 is 1.80 bits per heavy atom. The molecule has 0 radical (unpaired) electrons. The molecule has 0 aromatic carbocycles. The number of methoxy groups -OCH3 is 1. The zero-order valence-electron chi connectivity index (χ0n) is 13.6. The second-order valence-electron chi connectivity index (χ2n) is 5.56. The van der Waals surface area contributed by atoms with E-state index in [1.807, 2.05) is 13.8 Å². The molecule has 0 rings (SSSR count). The molecule has 0 aliphatic carbocycles. The number of carbonyl (C=O) groups is 2. The third-order valence-corrected chi connectivity index (χ3v) is 4.22. The third kappa shape index (κ3) is 5.12. The van der Waals surface area contributed by atoms with Crippen LogP contribution in [0.3, 0.4) is 0 Å². The first kappa shape index (κ1) is 18.9. The summed E-state index contributed by atoms with van der Waals surface area (Å²) in [5.74, 6) is -0.0536. The second-order valence-corrected chi connectivity index (χ2v) is 5.56. The highest BCUT2D eigenvalue weighted by atomic mass is 16.5. The van der Waals surface area contributed by atoms with Crippen LogP contribution in [0, 0.1) is 11.3 Å². The van der Waals surface area contributed by atoms with Crippen LogP contribution in [0.1, 0.15) is 47.0 Å². The normalized spacial score (nSPS) is 13.9. The number of rotatable bonds is 9. The second kappa shape index (κ2) is 8.95. The van der Waals surface area contributed by atoms with Gasteiger partial charge in [-0.05, 0) is 19.3 Å². The van der Waals surface area contributed by atoms with Crippen molar-refractivity contribution < 1.29 is 14.3 Å². The van der Waals surface area contributed by atoms with E-state index >= 15 is 0 Å². The fraction of sp³-hybridized carbons (Fsp3) is 0.867. The predicted molar refractivity (Wildman–Crippen MR) is 80.1 cm³/mol. The van der Waals surface area contributed by atoms with Crippen molar-refractivity contribution in [1.82, 2.24) is 4.90 Å². The van der Waals surface area contributed by atoms with Gasteiger partial charge in [0.1, 0.15) is 6.54 Å². The summed E-state index contributed by atoms with van der Waals surface area (Å²) in [6.45, 7) is 8.85. The highest BCUT2D eigenvalue weighted by Crippen LogP contribution is 2.24. The minimum atomic E-state index is -0.611. The molecule has 2 N–H and O–H groups in total. The molecule has 0 saturated carbocycles. The molecular formula is C15H30N2O3. The summed E-state index contributed by atoms with van der Waals surface area (Å²) in [5.41, 5.74) is 5.14. The molecule has 0 bridgehead atoms. The SMILES string of the molecule is CCC(CC)CN(CC(=O)OC)C(=O)C(C)(CC)CN. The smallest absolute Gasteiger partial charge is 0.325 e. The number of esters is 1. The standard InChI is InChI=1S/C15H30N2O3/c1-6-12(7-2)9-17(10-13(18)20-5)14(19)15(4,8-3)11-16/h12H,6-11,16H2,1-5H3. The van der Waals surface area contributed by atoms with Crippen molar-refractivity contribution in [2.75, 3.05) is 26.7 Å². The number of amides is 1. The van der Waals surface area contributed by atoms with Gasteiger partial charge in [-0.15, -0.1) is 0 Å². The Morgan fingerprint density at radius 3 is 2.15 bits per heavy atom. The molecule has 0 fully saturated rings. The third-order valence-electron chi connectivity index (χ3n) is 4.22. The van der Waals surface area contributed by atoms with E-state index in [4.69, 9.17) is 10.5 Å². The van der Waals surface area contributed by atoms with Gasteiger partial charge in [0, 0.05) is 13.1 Å². The number of hydrogen-bond acceptors (Lipinski definition) is 4. The molecule has 118 valence electrons. The summed E-state index contributed by atoms with van der Waals surface area (Å²) in [4.78, 5) is 25.8. The molecule has 1 unspecified atom stereocenters. The van der Waals surface area contributed by atoms with E-state index in [0.717, 1.165) is 12.8 Å². The molecule has 5 nitrogen and oxygen atoms in total. The van der Waals surface area contributed by atoms with Crippen LogP contribution in [0.25, 0.3) is 0 Å². The fourth-order valence-electron chi connectivity index (χ4n) is 2.06. The summed E-state index contributed by atoms with van der Waals surface area (Å²) >= 11 is 0. The zero-order valence-corrected chi connectivity index (χ0v) is 13.6. The molecule has 1 atom stereocenters. The summed E-state index contributed by atoms with van der Waals surface area (Å²) in [7, 11) is 1.34. The molecule has 0 heterocycles. The van der Waals surface area contributed by atoms with Crippen LogP contribution in [-0.2, 0) is 14.3 Å². The summed E-state index contributed by atoms with van der Waals surface area (Å²) in [6, 6.07) is 0. The molecule has 0 saturated heterocycles. The summed E-state index contributed by atoms with van der Waals surface area (Å²) < 4.78 is 4.70. The lowest BCUT2D eigenvalue weighted by Crippen LogP contribution is -2.49. The van der Waals surface area contributed by atoms with E-state index in [-0.39, 0.29) is 25.0 Å². The highest BCUT2D eigenvalue weighted by molar-refractivity contribution is 5.86.